The lowest BCUT2D eigenvalue weighted by atomic mass is 9.72. The maximum Gasteiger partial charge on any atom is 0.238 e. The molecule has 4 aliphatic carbocycles. The second kappa shape index (κ2) is 14.1. The standard InChI is InChI=1S/C39H58ClFN4O4S/c1-37(2,3)20-30(23-43(5)6)44(24-31-32(40)11-12-34(49-7)35(31)41)21-26-9-8-10-27(15-26)22-45-33(13-14-50(45,47)48)36(46)42-38(4)17-28-16-29-19-39(29,18-28)25-38/h8-10,15,28-30,33H,11-14,16-25H2,1-7H3,(H,42,46)/t28?,29?,30-,33?,38?,39?/m0/s1. The van der Waals surface area contributed by atoms with Crippen LogP contribution in [0.5, 0.6) is 0 Å². The molecule has 1 aromatic carbocycles. The Morgan fingerprint density at radius 1 is 1.16 bits per heavy atom. The molecule has 278 valence electrons. The van der Waals surface area contributed by atoms with Gasteiger partial charge in [-0.3, -0.25) is 9.69 Å². The molecule has 1 spiro atoms. The summed E-state index contributed by atoms with van der Waals surface area (Å²) in [6.07, 6.45) is 7.98. The first-order valence-electron chi connectivity index (χ1n) is 18.5. The maximum absolute atomic E-state index is 15.7. The molecule has 1 amide bonds. The molecular weight excluding hydrogens is 675 g/mol. The number of carbonyl (C=O) groups is 1. The normalized spacial score (nSPS) is 31.4. The van der Waals surface area contributed by atoms with Gasteiger partial charge in [0.25, 0.3) is 0 Å². The van der Waals surface area contributed by atoms with Gasteiger partial charge in [-0.25, -0.2) is 12.8 Å². The molecule has 1 aromatic rings. The molecule has 0 radical (unpaired) electrons. The summed E-state index contributed by atoms with van der Waals surface area (Å²) in [6.45, 7) is 10.6. The minimum absolute atomic E-state index is 0.0194. The Morgan fingerprint density at radius 2 is 1.90 bits per heavy atom. The molecule has 0 aromatic heterocycles. The van der Waals surface area contributed by atoms with Crippen LogP contribution in [0, 0.1) is 22.7 Å². The highest BCUT2D eigenvalue weighted by Crippen LogP contribution is 2.72. The van der Waals surface area contributed by atoms with Crippen molar-refractivity contribution >= 4 is 27.5 Å². The molecule has 6 atom stereocenters. The fourth-order valence-electron chi connectivity index (χ4n) is 9.98. The molecule has 1 aliphatic heterocycles. The van der Waals surface area contributed by atoms with Gasteiger partial charge in [-0.1, -0.05) is 56.6 Å². The van der Waals surface area contributed by atoms with Gasteiger partial charge in [0.05, 0.1) is 12.9 Å². The van der Waals surface area contributed by atoms with Crippen LogP contribution in [0.4, 0.5) is 4.39 Å². The molecule has 50 heavy (non-hydrogen) atoms. The third kappa shape index (κ3) is 8.30. The van der Waals surface area contributed by atoms with Crippen molar-refractivity contribution in [1.82, 2.24) is 19.4 Å². The van der Waals surface area contributed by atoms with Crippen molar-refractivity contribution in [2.45, 2.75) is 116 Å². The van der Waals surface area contributed by atoms with Gasteiger partial charge in [-0.2, -0.15) is 4.31 Å². The highest BCUT2D eigenvalue weighted by Gasteiger charge is 2.65. The molecule has 5 aliphatic rings. The number of hydrogen-bond acceptors (Lipinski definition) is 6. The second-order valence-corrected chi connectivity index (χ2v) is 20.4. The van der Waals surface area contributed by atoms with Crippen molar-refractivity contribution in [3.63, 3.8) is 0 Å². The van der Waals surface area contributed by atoms with E-state index in [9.17, 15) is 13.2 Å². The van der Waals surface area contributed by atoms with Crippen molar-refractivity contribution in [3.8, 4) is 0 Å². The molecular formula is C39H58ClFN4O4S. The average Bonchev–Trinajstić information content (AvgIpc) is 3.41. The predicted octanol–water partition coefficient (Wildman–Crippen LogP) is 6.96. The number of nitrogens with zero attached hydrogens (tertiary/aromatic N) is 3. The van der Waals surface area contributed by atoms with Crippen molar-refractivity contribution in [2.75, 3.05) is 40.0 Å². The minimum Gasteiger partial charge on any atom is -0.498 e. The van der Waals surface area contributed by atoms with E-state index in [1.807, 2.05) is 24.3 Å². The Kier molecular flexibility index (Phi) is 10.7. The number of allylic oxidation sites excluding steroid dienone is 2. The number of amides is 1. The van der Waals surface area contributed by atoms with Crippen molar-refractivity contribution in [1.29, 1.82) is 0 Å². The molecule has 11 heteroatoms. The number of fused-ring (bicyclic) bond motifs is 1. The lowest BCUT2D eigenvalue weighted by Crippen LogP contribution is -2.55. The third-order valence-corrected chi connectivity index (χ3v) is 14.2. The molecule has 8 nitrogen and oxygen atoms in total. The molecule has 6 rings (SSSR count). The first kappa shape index (κ1) is 37.8. The van der Waals surface area contributed by atoms with Crippen LogP contribution in [0.1, 0.15) is 96.6 Å². The van der Waals surface area contributed by atoms with Crippen LogP contribution >= 0.6 is 11.6 Å². The number of carbonyl (C=O) groups excluding carboxylic acids is 1. The van der Waals surface area contributed by atoms with Gasteiger partial charge < -0.3 is 15.0 Å². The summed E-state index contributed by atoms with van der Waals surface area (Å²) in [4.78, 5) is 18.3. The van der Waals surface area contributed by atoms with E-state index in [1.165, 1.54) is 30.7 Å². The molecule has 1 heterocycles. The van der Waals surface area contributed by atoms with Crippen LogP contribution in [-0.2, 0) is 32.6 Å². The zero-order valence-electron chi connectivity index (χ0n) is 31.2. The first-order chi connectivity index (χ1) is 23.4. The van der Waals surface area contributed by atoms with Gasteiger partial charge in [0, 0.05) is 54.8 Å². The first-order valence-corrected chi connectivity index (χ1v) is 20.5. The van der Waals surface area contributed by atoms with E-state index in [4.69, 9.17) is 16.3 Å². The summed E-state index contributed by atoms with van der Waals surface area (Å²) < 4.78 is 49.3. The van der Waals surface area contributed by atoms with E-state index in [1.54, 1.807) is 0 Å². The molecule has 1 saturated heterocycles. The van der Waals surface area contributed by atoms with Gasteiger partial charge in [0.2, 0.25) is 15.9 Å². The summed E-state index contributed by atoms with van der Waals surface area (Å²) in [5.74, 6) is 1.25. The van der Waals surface area contributed by atoms with Gasteiger partial charge in [0.15, 0.2) is 5.83 Å². The summed E-state index contributed by atoms with van der Waals surface area (Å²) in [5.41, 5.74) is 2.44. The van der Waals surface area contributed by atoms with E-state index in [2.05, 4.69) is 56.9 Å². The van der Waals surface area contributed by atoms with Crippen LogP contribution in [-0.4, -0.2) is 86.1 Å². The van der Waals surface area contributed by atoms with Crippen molar-refractivity contribution < 1.29 is 22.3 Å². The zero-order valence-corrected chi connectivity index (χ0v) is 32.7. The molecule has 4 fully saturated rings. The second-order valence-electron chi connectivity index (χ2n) is 17.9. The quantitative estimate of drug-likeness (QED) is 0.236. The van der Waals surface area contributed by atoms with Crippen molar-refractivity contribution in [3.05, 3.63) is 57.6 Å². The Balaban J connectivity index is 1.22. The number of nitrogens with one attached hydrogen (secondary N) is 1. The van der Waals surface area contributed by atoms with Crippen LogP contribution in [0.2, 0.25) is 0 Å². The van der Waals surface area contributed by atoms with E-state index >= 15 is 4.39 Å². The predicted molar refractivity (Wildman–Crippen MR) is 197 cm³/mol. The van der Waals surface area contributed by atoms with Crippen molar-refractivity contribution in [2.24, 2.45) is 22.7 Å². The summed E-state index contributed by atoms with van der Waals surface area (Å²) in [6, 6.07) is 7.33. The Morgan fingerprint density at radius 3 is 2.58 bits per heavy atom. The van der Waals surface area contributed by atoms with E-state index in [-0.39, 0.29) is 41.0 Å². The molecule has 1 N–H and O–H groups in total. The van der Waals surface area contributed by atoms with Crippen LogP contribution in [0.25, 0.3) is 0 Å². The highest BCUT2D eigenvalue weighted by atomic mass is 35.5. The fourth-order valence-corrected chi connectivity index (χ4v) is 11.9. The zero-order chi connectivity index (χ0) is 36.2. The number of sulfonamides is 1. The Hall–Kier alpha value is -1.98. The van der Waals surface area contributed by atoms with Crippen LogP contribution in [0.15, 0.2) is 46.5 Å². The molecule has 2 bridgehead atoms. The van der Waals surface area contributed by atoms with Crippen LogP contribution < -0.4 is 5.32 Å². The van der Waals surface area contributed by atoms with Crippen LogP contribution in [0.3, 0.4) is 0 Å². The van der Waals surface area contributed by atoms with Gasteiger partial charge in [-0.15, -0.1) is 0 Å². The number of methoxy groups -OCH3 is 1. The number of likely N-dealkylation sites (N-methyl/N-ethyl adjacent to an activating group) is 1. The van der Waals surface area contributed by atoms with Gasteiger partial charge >= 0.3 is 0 Å². The topological polar surface area (TPSA) is 82.2 Å². The van der Waals surface area contributed by atoms with Gasteiger partial charge in [-0.05, 0) is 106 Å². The lowest BCUT2D eigenvalue weighted by Gasteiger charge is -2.41. The smallest absolute Gasteiger partial charge is 0.238 e. The summed E-state index contributed by atoms with van der Waals surface area (Å²) in [7, 11) is 2.00. The highest BCUT2D eigenvalue weighted by molar-refractivity contribution is 7.89. The molecule has 5 unspecified atom stereocenters. The Labute approximate surface area is 304 Å². The van der Waals surface area contributed by atoms with Gasteiger partial charge in [0.1, 0.15) is 11.8 Å². The number of rotatable bonds is 13. The maximum atomic E-state index is 15.7. The lowest BCUT2D eigenvalue weighted by molar-refractivity contribution is -0.127. The number of halogens is 2. The average molecular weight is 733 g/mol. The fraction of sp³-hybridized carbons (Fsp3) is 0.718. The SMILES string of the molecule is COC1=C(F)C(CN(Cc2cccc(CN3C(C(=O)NC4(C)CC5CC6CC6(C5)C4)CCS3(=O)=O)c2)[C@H](CN(C)C)CC(C)(C)C)=C(Cl)CC1. The van der Waals surface area contributed by atoms with E-state index < -0.39 is 16.1 Å². The van der Waals surface area contributed by atoms with E-state index in [0.717, 1.165) is 42.9 Å². The number of benzene rings is 1. The number of ether oxygens (including phenoxy) is 1. The summed E-state index contributed by atoms with van der Waals surface area (Å²) in [5, 5.41) is 3.89. The number of hydrogen-bond donors (Lipinski definition) is 1. The summed E-state index contributed by atoms with van der Waals surface area (Å²) >= 11 is 6.69. The van der Waals surface area contributed by atoms with E-state index in [0.29, 0.717) is 60.0 Å². The third-order valence-electron chi connectivity index (χ3n) is 11.9. The molecule has 3 saturated carbocycles. The largest absolute Gasteiger partial charge is 0.498 e. The Bertz CT molecular complexity index is 1640. The monoisotopic (exact) mass is 732 g/mol. The minimum atomic E-state index is -3.60.